The minimum atomic E-state index is -0.470. The smallest absolute Gasteiger partial charge is 0.132 e. The van der Waals surface area contributed by atoms with Crippen molar-refractivity contribution < 1.29 is 9.90 Å². The van der Waals surface area contributed by atoms with Crippen LogP contribution in [0.1, 0.15) is 33.6 Å². The highest BCUT2D eigenvalue weighted by molar-refractivity contribution is 5.76. The van der Waals surface area contributed by atoms with E-state index in [9.17, 15) is 9.90 Å². The molecule has 0 aromatic rings. The van der Waals surface area contributed by atoms with Crippen molar-refractivity contribution in [1.29, 1.82) is 0 Å². The van der Waals surface area contributed by atoms with Crippen LogP contribution in [-0.2, 0) is 4.79 Å². The van der Waals surface area contributed by atoms with Gasteiger partial charge in [0.25, 0.3) is 0 Å². The first-order chi connectivity index (χ1) is 6.52. The number of carbonyl (C=O) groups excluding carboxylic acids is 1. The quantitative estimate of drug-likeness (QED) is 0.702. The third-order valence-electron chi connectivity index (χ3n) is 3.15. The van der Waals surface area contributed by atoms with E-state index in [0.717, 1.165) is 6.42 Å². The van der Waals surface area contributed by atoms with Gasteiger partial charge in [0.1, 0.15) is 5.78 Å². The predicted molar refractivity (Wildman–Crippen MR) is 56.9 cm³/mol. The lowest BCUT2D eigenvalue weighted by atomic mass is 9.73. The molecule has 0 amide bonds. The molecule has 0 saturated carbocycles. The standard InChI is InChI=1S/C12H20O2/c1-8-5-4-6-9(2)12(8)11(14)7-10(3)13/h4-5,8-9,11-12,14H,6-7H2,1-3H3. The first-order valence-corrected chi connectivity index (χ1v) is 5.36. The van der Waals surface area contributed by atoms with Gasteiger partial charge >= 0.3 is 0 Å². The Kier molecular flexibility index (Phi) is 3.87. The molecule has 4 unspecified atom stereocenters. The van der Waals surface area contributed by atoms with Crippen LogP contribution in [0.25, 0.3) is 0 Å². The number of Topliss-reactive ketones (excluding diaryl/α,β-unsaturated/α-hetero) is 1. The Morgan fingerprint density at radius 2 is 2.21 bits per heavy atom. The summed E-state index contributed by atoms with van der Waals surface area (Å²) in [5.41, 5.74) is 0. The number of rotatable bonds is 3. The molecule has 0 aliphatic heterocycles. The molecule has 0 radical (unpaired) electrons. The average molecular weight is 196 g/mol. The number of ketones is 1. The Labute approximate surface area is 86.0 Å². The van der Waals surface area contributed by atoms with E-state index in [4.69, 9.17) is 0 Å². The van der Waals surface area contributed by atoms with Gasteiger partial charge < -0.3 is 5.11 Å². The van der Waals surface area contributed by atoms with E-state index in [1.165, 1.54) is 6.92 Å². The Morgan fingerprint density at radius 3 is 2.71 bits per heavy atom. The normalized spacial score (nSPS) is 34.1. The summed E-state index contributed by atoms with van der Waals surface area (Å²) in [7, 11) is 0. The average Bonchev–Trinajstić information content (AvgIpc) is 2.01. The van der Waals surface area contributed by atoms with Crippen molar-refractivity contribution in [2.45, 2.75) is 39.7 Å². The molecule has 0 fully saturated rings. The van der Waals surface area contributed by atoms with E-state index < -0.39 is 6.10 Å². The Balaban J connectivity index is 2.64. The van der Waals surface area contributed by atoms with E-state index >= 15 is 0 Å². The predicted octanol–water partition coefficient (Wildman–Crippen LogP) is 2.17. The van der Waals surface area contributed by atoms with E-state index in [1.54, 1.807) is 0 Å². The number of hydrogen-bond acceptors (Lipinski definition) is 2. The van der Waals surface area contributed by atoms with Crippen LogP contribution < -0.4 is 0 Å². The molecule has 0 heterocycles. The van der Waals surface area contributed by atoms with Crippen LogP contribution in [-0.4, -0.2) is 17.0 Å². The molecule has 4 atom stereocenters. The number of aliphatic hydroxyl groups is 1. The topological polar surface area (TPSA) is 37.3 Å². The van der Waals surface area contributed by atoms with Crippen LogP contribution >= 0.6 is 0 Å². The highest BCUT2D eigenvalue weighted by Gasteiger charge is 2.31. The van der Waals surface area contributed by atoms with Gasteiger partial charge in [-0.25, -0.2) is 0 Å². The molecule has 0 aromatic carbocycles. The number of allylic oxidation sites excluding steroid dienone is 2. The zero-order chi connectivity index (χ0) is 10.7. The minimum Gasteiger partial charge on any atom is -0.392 e. The van der Waals surface area contributed by atoms with Gasteiger partial charge in [0.05, 0.1) is 6.10 Å². The third kappa shape index (κ3) is 2.68. The highest BCUT2D eigenvalue weighted by Crippen LogP contribution is 2.33. The Bertz CT molecular complexity index is 232. The summed E-state index contributed by atoms with van der Waals surface area (Å²) in [6.45, 7) is 5.80. The molecular weight excluding hydrogens is 176 g/mol. The summed E-state index contributed by atoms with van der Waals surface area (Å²) in [5.74, 6) is 1.17. The maximum Gasteiger partial charge on any atom is 0.132 e. The third-order valence-corrected chi connectivity index (χ3v) is 3.15. The van der Waals surface area contributed by atoms with E-state index in [0.29, 0.717) is 18.3 Å². The monoisotopic (exact) mass is 196 g/mol. The Morgan fingerprint density at radius 1 is 1.57 bits per heavy atom. The van der Waals surface area contributed by atoms with Crippen molar-refractivity contribution >= 4 is 5.78 Å². The lowest BCUT2D eigenvalue weighted by Gasteiger charge is -2.34. The number of aliphatic hydroxyl groups excluding tert-OH is 1. The molecule has 1 rings (SSSR count). The molecule has 0 aromatic heterocycles. The van der Waals surface area contributed by atoms with Crippen molar-refractivity contribution in [2.75, 3.05) is 0 Å². The molecule has 0 saturated heterocycles. The maximum atomic E-state index is 10.9. The molecule has 1 aliphatic rings. The summed E-state index contributed by atoms with van der Waals surface area (Å²) < 4.78 is 0. The number of carbonyl (C=O) groups is 1. The van der Waals surface area contributed by atoms with Crippen LogP contribution in [0.2, 0.25) is 0 Å². The van der Waals surface area contributed by atoms with Gasteiger partial charge in [-0.3, -0.25) is 4.79 Å². The summed E-state index contributed by atoms with van der Waals surface area (Å²) in [6, 6.07) is 0. The zero-order valence-corrected chi connectivity index (χ0v) is 9.23. The van der Waals surface area contributed by atoms with Gasteiger partial charge in [-0.2, -0.15) is 0 Å². The fourth-order valence-corrected chi connectivity index (χ4v) is 2.47. The summed E-state index contributed by atoms with van der Waals surface area (Å²) in [4.78, 5) is 10.9. The molecule has 0 bridgehead atoms. The second kappa shape index (κ2) is 4.74. The van der Waals surface area contributed by atoms with Gasteiger partial charge in [0.15, 0.2) is 0 Å². The van der Waals surface area contributed by atoms with Crippen molar-refractivity contribution in [1.82, 2.24) is 0 Å². The van der Waals surface area contributed by atoms with Crippen molar-refractivity contribution in [3.8, 4) is 0 Å². The van der Waals surface area contributed by atoms with Gasteiger partial charge in [-0.05, 0) is 31.1 Å². The van der Waals surface area contributed by atoms with Crippen LogP contribution in [0.5, 0.6) is 0 Å². The molecule has 80 valence electrons. The second-order valence-electron chi connectivity index (χ2n) is 4.55. The van der Waals surface area contributed by atoms with E-state index in [1.807, 2.05) is 0 Å². The van der Waals surface area contributed by atoms with Crippen LogP contribution in [0, 0.1) is 17.8 Å². The SMILES string of the molecule is CC(=O)CC(O)C1C(C)C=CCC1C. The number of hydrogen-bond donors (Lipinski definition) is 1. The van der Waals surface area contributed by atoms with E-state index in [2.05, 4.69) is 26.0 Å². The summed E-state index contributed by atoms with van der Waals surface area (Å²) in [6.07, 6.45) is 5.17. The largest absolute Gasteiger partial charge is 0.392 e. The lowest BCUT2D eigenvalue weighted by molar-refractivity contribution is -0.120. The van der Waals surface area contributed by atoms with E-state index in [-0.39, 0.29) is 11.7 Å². The van der Waals surface area contributed by atoms with Gasteiger partial charge in [-0.15, -0.1) is 0 Å². The second-order valence-corrected chi connectivity index (χ2v) is 4.55. The minimum absolute atomic E-state index is 0.0754. The van der Waals surface area contributed by atoms with Gasteiger partial charge in [0, 0.05) is 6.42 Å². The van der Waals surface area contributed by atoms with Crippen LogP contribution in [0.15, 0.2) is 12.2 Å². The van der Waals surface area contributed by atoms with Crippen LogP contribution in [0.3, 0.4) is 0 Å². The fourth-order valence-electron chi connectivity index (χ4n) is 2.47. The summed E-state index contributed by atoms with van der Waals surface area (Å²) >= 11 is 0. The van der Waals surface area contributed by atoms with Gasteiger partial charge in [-0.1, -0.05) is 26.0 Å². The maximum absolute atomic E-state index is 10.9. The fraction of sp³-hybridized carbons (Fsp3) is 0.750. The molecule has 1 N–H and O–H groups in total. The van der Waals surface area contributed by atoms with Crippen molar-refractivity contribution in [3.63, 3.8) is 0 Å². The molecule has 2 heteroatoms. The summed E-state index contributed by atoms with van der Waals surface area (Å²) in [5, 5.41) is 9.93. The highest BCUT2D eigenvalue weighted by atomic mass is 16.3. The van der Waals surface area contributed by atoms with Crippen LogP contribution in [0.4, 0.5) is 0 Å². The first-order valence-electron chi connectivity index (χ1n) is 5.36. The molecule has 2 nitrogen and oxygen atoms in total. The molecule has 14 heavy (non-hydrogen) atoms. The van der Waals surface area contributed by atoms with Crippen molar-refractivity contribution in [3.05, 3.63) is 12.2 Å². The zero-order valence-electron chi connectivity index (χ0n) is 9.23. The van der Waals surface area contributed by atoms with Crippen molar-refractivity contribution in [2.24, 2.45) is 17.8 Å². The Hall–Kier alpha value is -0.630. The van der Waals surface area contributed by atoms with Gasteiger partial charge in [0.2, 0.25) is 0 Å². The molecule has 0 spiro atoms. The first kappa shape index (κ1) is 11.4. The molecule has 1 aliphatic carbocycles. The lowest BCUT2D eigenvalue weighted by Crippen LogP contribution is -2.34. The molecular formula is C12H20O2.